The zero-order valence-corrected chi connectivity index (χ0v) is 16.5. The van der Waals surface area contributed by atoms with E-state index in [0.29, 0.717) is 0 Å². The quantitative estimate of drug-likeness (QED) is 0.510. The Bertz CT molecular complexity index is 686. The first kappa shape index (κ1) is 19.7. The summed E-state index contributed by atoms with van der Waals surface area (Å²) in [4.78, 5) is 12.5. The van der Waals surface area contributed by atoms with Crippen molar-refractivity contribution in [3.8, 4) is 0 Å². The van der Waals surface area contributed by atoms with Gasteiger partial charge in [-0.15, -0.1) is 0 Å². The Hall–Kier alpha value is -0.670. The van der Waals surface area contributed by atoms with Gasteiger partial charge in [-0.1, -0.05) is 78.5 Å². The average molecular weight is 408 g/mol. The molecule has 0 aromatic heterocycles. The van der Waals surface area contributed by atoms with E-state index in [4.69, 9.17) is 51.1 Å². The molecular weight excluding hydrogens is 390 g/mol. The Kier molecular flexibility index (Phi) is 6.30. The van der Waals surface area contributed by atoms with Crippen molar-refractivity contribution in [3.63, 3.8) is 0 Å². The molecule has 0 bridgehead atoms. The molecule has 1 aliphatic carbocycles. The van der Waals surface area contributed by atoms with Crippen LogP contribution >= 0.6 is 46.4 Å². The molecule has 0 amide bonds. The maximum atomic E-state index is 12.5. The summed E-state index contributed by atoms with van der Waals surface area (Å²) in [7, 11) is 0. The maximum absolute atomic E-state index is 12.5. The van der Waals surface area contributed by atoms with Crippen molar-refractivity contribution < 1.29 is 9.53 Å². The highest BCUT2D eigenvalue weighted by atomic mass is 35.5. The maximum Gasteiger partial charge on any atom is 0.310 e. The van der Waals surface area contributed by atoms with E-state index >= 15 is 0 Å². The first-order chi connectivity index (χ1) is 11.1. The second kappa shape index (κ2) is 7.70. The highest BCUT2D eigenvalue weighted by Crippen LogP contribution is 2.60. The molecular formula is C18H18Cl4O2. The highest BCUT2D eigenvalue weighted by molar-refractivity contribution is 6.57. The number of hydrogen-bond acceptors (Lipinski definition) is 2. The first-order valence-corrected chi connectivity index (χ1v) is 9.00. The zero-order chi connectivity index (χ0) is 18.1. The lowest BCUT2D eigenvalue weighted by Crippen LogP contribution is -2.13. The van der Waals surface area contributed by atoms with E-state index in [2.05, 4.69) is 0 Å². The van der Waals surface area contributed by atoms with Gasteiger partial charge in [-0.2, -0.15) is 0 Å². The minimum atomic E-state index is -0.382. The van der Waals surface area contributed by atoms with Crippen LogP contribution in [-0.4, -0.2) is 5.97 Å². The van der Waals surface area contributed by atoms with Crippen molar-refractivity contribution in [3.05, 3.63) is 50.5 Å². The van der Waals surface area contributed by atoms with Crippen molar-refractivity contribution in [2.24, 2.45) is 17.3 Å². The second-order valence-corrected chi connectivity index (χ2v) is 8.48. The Morgan fingerprint density at radius 2 is 1.88 bits per heavy atom. The Balaban J connectivity index is 2.08. The summed E-state index contributed by atoms with van der Waals surface area (Å²) in [6.45, 7) is 5.82. The number of carbonyl (C=O) groups excluding carboxylic acids is 1. The SMILES string of the molecule is CC(OC(=O)C1C(C=C(Cl)Cl)C1(C)C)c1cccc(C=C(Cl)Cl)c1. The summed E-state index contributed by atoms with van der Waals surface area (Å²) in [5, 5.41) is 0. The second-order valence-electron chi connectivity index (χ2n) is 6.46. The van der Waals surface area contributed by atoms with Crippen LogP contribution in [0.4, 0.5) is 0 Å². The molecule has 0 radical (unpaired) electrons. The lowest BCUT2D eigenvalue weighted by atomic mass is 10.1. The number of carbonyl (C=O) groups is 1. The van der Waals surface area contributed by atoms with Gasteiger partial charge in [0, 0.05) is 0 Å². The van der Waals surface area contributed by atoms with Crippen LogP contribution in [0.2, 0.25) is 0 Å². The van der Waals surface area contributed by atoms with E-state index in [1.165, 1.54) is 0 Å². The third-order valence-electron chi connectivity index (χ3n) is 4.42. The van der Waals surface area contributed by atoms with E-state index in [-0.39, 0.29) is 38.3 Å². The minimum Gasteiger partial charge on any atom is -0.458 e. The molecule has 24 heavy (non-hydrogen) atoms. The number of halogens is 4. The monoisotopic (exact) mass is 406 g/mol. The number of rotatable bonds is 5. The molecule has 0 N–H and O–H groups in total. The number of hydrogen-bond donors (Lipinski definition) is 0. The normalized spacial score (nSPS) is 22.3. The number of esters is 1. The molecule has 1 fully saturated rings. The van der Waals surface area contributed by atoms with Gasteiger partial charge in [0.1, 0.15) is 15.1 Å². The highest BCUT2D eigenvalue weighted by Gasteiger charge is 2.61. The van der Waals surface area contributed by atoms with Gasteiger partial charge in [0.25, 0.3) is 0 Å². The molecule has 1 aromatic rings. The summed E-state index contributed by atoms with van der Waals surface area (Å²) in [5.74, 6) is -0.501. The van der Waals surface area contributed by atoms with Crippen molar-refractivity contribution in [2.45, 2.75) is 26.9 Å². The summed E-state index contributed by atoms with van der Waals surface area (Å²) in [6, 6.07) is 7.51. The van der Waals surface area contributed by atoms with Crippen LogP contribution < -0.4 is 0 Å². The first-order valence-electron chi connectivity index (χ1n) is 7.49. The van der Waals surface area contributed by atoms with Crippen LogP contribution in [0.1, 0.15) is 38.0 Å². The van der Waals surface area contributed by atoms with E-state index in [1.807, 2.05) is 45.0 Å². The zero-order valence-electron chi connectivity index (χ0n) is 13.5. The summed E-state index contributed by atoms with van der Waals surface area (Å²) < 4.78 is 5.97. The largest absolute Gasteiger partial charge is 0.458 e. The van der Waals surface area contributed by atoms with Crippen LogP contribution in [0.15, 0.2) is 39.3 Å². The molecule has 0 heterocycles. The number of benzene rings is 1. The van der Waals surface area contributed by atoms with Gasteiger partial charge in [-0.05, 0) is 47.6 Å². The van der Waals surface area contributed by atoms with Crippen molar-refractivity contribution in [1.29, 1.82) is 0 Å². The molecule has 1 saturated carbocycles. The fraction of sp³-hybridized carbons (Fsp3) is 0.389. The molecule has 1 aliphatic rings. The predicted octanol–water partition coefficient (Wildman–Crippen LogP) is 6.66. The van der Waals surface area contributed by atoms with Crippen LogP contribution in [0.5, 0.6) is 0 Å². The fourth-order valence-corrected chi connectivity index (χ4v) is 3.44. The summed E-state index contributed by atoms with van der Waals surface area (Å²) >= 11 is 22.8. The molecule has 130 valence electrons. The minimum absolute atomic E-state index is 0.00785. The van der Waals surface area contributed by atoms with Crippen LogP contribution in [-0.2, 0) is 9.53 Å². The lowest BCUT2D eigenvalue weighted by Gasteiger charge is -2.15. The molecule has 1 aromatic carbocycles. The third kappa shape index (κ3) is 4.70. The summed E-state index contributed by atoms with van der Waals surface area (Å²) in [6.07, 6.45) is 2.95. The van der Waals surface area contributed by atoms with Crippen LogP contribution in [0, 0.1) is 17.3 Å². The van der Waals surface area contributed by atoms with Crippen LogP contribution in [0.25, 0.3) is 6.08 Å². The molecule has 2 rings (SSSR count). The topological polar surface area (TPSA) is 26.3 Å². The van der Waals surface area contributed by atoms with Gasteiger partial charge < -0.3 is 4.74 Å². The average Bonchev–Trinajstić information content (AvgIpc) is 2.98. The molecule has 0 spiro atoms. The lowest BCUT2D eigenvalue weighted by molar-refractivity contribution is -0.151. The third-order valence-corrected chi connectivity index (χ3v) is 4.89. The Morgan fingerprint density at radius 1 is 1.21 bits per heavy atom. The Morgan fingerprint density at radius 3 is 2.46 bits per heavy atom. The van der Waals surface area contributed by atoms with Gasteiger partial charge >= 0.3 is 5.97 Å². The predicted molar refractivity (Wildman–Crippen MR) is 101 cm³/mol. The van der Waals surface area contributed by atoms with E-state index in [0.717, 1.165) is 11.1 Å². The number of allylic oxidation sites excluding steroid dienone is 1. The van der Waals surface area contributed by atoms with E-state index < -0.39 is 0 Å². The Labute approximate surface area is 162 Å². The van der Waals surface area contributed by atoms with Crippen molar-refractivity contribution in [2.75, 3.05) is 0 Å². The molecule has 6 heteroatoms. The van der Waals surface area contributed by atoms with E-state index in [9.17, 15) is 4.79 Å². The van der Waals surface area contributed by atoms with Gasteiger partial charge in [-0.25, -0.2) is 0 Å². The number of ether oxygens (including phenoxy) is 1. The molecule has 0 saturated heterocycles. The van der Waals surface area contributed by atoms with Gasteiger partial charge in [0.2, 0.25) is 0 Å². The van der Waals surface area contributed by atoms with Crippen LogP contribution in [0.3, 0.4) is 0 Å². The van der Waals surface area contributed by atoms with Gasteiger partial charge in [0.15, 0.2) is 0 Å². The van der Waals surface area contributed by atoms with E-state index in [1.54, 1.807) is 12.2 Å². The fourth-order valence-electron chi connectivity index (χ4n) is 2.92. The molecule has 0 aliphatic heterocycles. The summed E-state index contributed by atoms with van der Waals surface area (Å²) in [5.41, 5.74) is 1.51. The molecule has 3 unspecified atom stereocenters. The van der Waals surface area contributed by atoms with Crippen molar-refractivity contribution >= 4 is 58.4 Å². The standard InChI is InChI=1S/C18H18Cl4O2/c1-10(12-6-4-5-11(7-12)8-14(19)20)24-17(23)16-13(9-15(21)22)18(16,2)3/h4-10,13,16H,1-3H3. The smallest absolute Gasteiger partial charge is 0.310 e. The van der Waals surface area contributed by atoms with Gasteiger partial charge in [0.05, 0.1) is 5.92 Å². The molecule has 3 atom stereocenters. The van der Waals surface area contributed by atoms with Gasteiger partial charge in [-0.3, -0.25) is 4.79 Å². The van der Waals surface area contributed by atoms with Crippen molar-refractivity contribution in [1.82, 2.24) is 0 Å². The molecule has 2 nitrogen and oxygen atoms in total.